The number of sulfonamides is 1. The molecule has 3 atom stereocenters. The zero-order valence-electron chi connectivity index (χ0n) is 13.6. The molecule has 3 unspecified atom stereocenters. The van der Waals surface area contributed by atoms with Gasteiger partial charge in [0.15, 0.2) is 0 Å². The lowest BCUT2D eigenvalue weighted by atomic mass is 9.86. The van der Waals surface area contributed by atoms with Crippen LogP contribution in [-0.2, 0) is 10.0 Å². The lowest BCUT2D eigenvalue weighted by molar-refractivity contribution is 0.219. The minimum atomic E-state index is -3.75. The molecule has 128 valence electrons. The van der Waals surface area contributed by atoms with Crippen molar-refractivity contribution < 1.29 is 13.2 Å². The van der Waals surface area contributed by atoms with Gasteiger partial charge in [-0.25, -0.2) is 18.4 Å². The second kappa shape index (κ2) is 7.31. The summed E-state index contributed by atoms with van der Waals surface area (Å²) < 4.78 is 22.8. The molecule has 1 aliphatic carbocycles. The van der Waals surface area contributed by atoms with Crippen LogP contribution in [0.2, 0.25) is 0 Å². The number of rotatable bonds is 4. The van der Waals surface area contributed by atoms with Gasteiger partial charge in [-0.15, -0.1) is 0 Å². The summed E-state index contributed by atoms with van der Waals surface area (Å²) in [6.07, 6.45) is 4.50. The minimum absolute atomic E-state index is 0.0463. The zero-order chi connectivity index (χ0) is 17.0. The van der Waals surface area contributed by atoms with Crippen molar-refractivity contribution in [3.05, 3.63) is 29.8 Å². The monoisotopic (exact) mass is 339 g/mol. The molecule has 0 aromatic heterocycles. The van der Waals surface area contributed by atoms with Gasteiger partial charge in [0, 0.05) is 6.04 Å². The smallest absolute Gasteiger partial charge is 0.315 e. The van der Waals surface area contributed by atoms with Crippen molar-refractivity contribution in [2.24, 2.45) is 11.1 Å². The Morgan fingerprint density at radius 1 is 1.30 bits per heavy atom. The number of nitrogens with two attached hydrogens (primary N) is 1. The van der Waals surface area contributed by atoms with Crippen molar-refractivity contribution in [1.82, 2.24) is 10.6 Å². The molecule has 1 fully saturated rings. The van der Waals surface area contributed by atoms with E-state index in [0.717, 1.165) is 19.3 Å². The van der Waals surface area contributed by atoms with Crippen LogP contribution in [0.15, 0.2) is 29.2 Å². The minimum Gasteiger partial charge on any atom is -0.335 e. The highest BCUT2D eigenvalue weighted by molar-refractivity contribution is 7.89. The fourth-order valence-corrected chi connectivity index (χ4v) is 3.55. The molecule has 1 aromatic rings. The van der Waals surface area contributed by atoms with Crippen LogP contribution in [-0.4, -0.2) is 20.5 Å². The first kappa shape index (κ1) is 17.7. The number of primary sulfonamides is 1. The van der Waals surface area contributed by atoms with Crippen molar-refractivity contribution >= 4 is 16.1 Å². The summed E-state index contributed by atoms with van der Waals surface area (Å²) in [5.41, 5.74) is 0.698. The van der Waals surface area contributed by atoms with Crippen molar-refractivity contribution in [3.8, 4) is 0 Å². The summed E-state index contributed by atoms with van der Waals surface area (Å²) in [5, 5.41) is 11.0. The maximum atomic E-state index is 12.2. The number of hydrogen-bond donors (Lipinski definition) is 3. The molecule has 6 nitrogen and oxygen atoms in total. The van der Waals surface area contributed by atoms with E-state index in [-0.39, 0.29) is 23.0 Å². The second-order valence-electron chi connectivity index (χ2n) is 6.33. The Bertz CT molecular complexity index is 660. The standard InChI is InChI=1S/C16H25N3O3S/c1-11-6-3-4-9-15(11)19-16(20)18-12(2)13-7-5-8-14(10-13)23(17,21)22/h5,7-8,10-12,15H,3-4,6,9H2,1-2H3,(H2,17,21,22)(H2,18,19,20). The molecule has 0 heterocycles. The zero-order valence-corrected chi connectivity index (χ0v) is 14.4. The molecular formula is C16H25N3O3S. The van der Waals surface area contributed by atoms with Crippen LogP contribution < -0.4 is 15.8 Å². The van der Waals surface area contributed by atoms with E-state index in [0.29, 0.717) is 11.5 Å². The first-order valence-corrected chi connectivity index (χ1v) is 9.52. The third-order valence-corrected chi connectivity index (χ3v) is 5.37. The normalized spacial score (nSPS) is 23.1. The highest BCUT2D eigenvalue weighted by Gasteiger charge is 2.23. The molecule has 0 spiro atoms. The molecule has 23 heavy (non-hydrogen) atoms. The number of carbonyl (C=O) groups excluding carboxylic acids is 1. The van der Waals surface area contributed by atoms with E-state index >= 15 is 0 Å². The Morgan fingerprint density at radius 3 is 2.65 bits per heavy atom. The van der Waals surface area contributed by atoms with E-state index < -0.39 is 10.0 Å². The van der Waals surface area contributed by atoms with Crippen LogP contribution >= 0.6 is 0 Å². The molecule has 2 amide bonds. The van der Waals surface area contributed by atoms with Crippen molar-refractivity contribution in [2.45, 2.75) is 56.5 Å². The summed E-state index contributed by atoms with van der Waals surface area (Å²) in [6, 6.07) is 5.98. The third kappa shape index (κ3) is 4.94. The Labute approximate surface area is 137 Å². The van der Waals surface area contributed by atoms with Gasteiger partial charge in [0.05, 0.1) is 10.9 Å². The molecule has 0 saturated heterocycles. The van der Waals surface area contributed by atoms with Crippen LogP contribution in [0.5, 0.6) is 0 Å². The van der Waals surface area contributed by atoms with Crippen molar-refractivity contribution in [3.63, 3.8) is 0 Å². The Hall–Kier alpha value is -1.60. The Balaban J connectivity index is 1.98. The number of benzene rings is 1. The Morgan fingerprint density at radius 2 is 2.00 bits per heavy atom. The van der Waals surface area contributed by atoms with Crippen LogP contribution in [0.25, 0.3) is 0 Å². The predicted molar refractivity (Wildman–Crippen MR) is 89.3 cm³/mol. The first-order valence-electron chi connectivity index (χ1n) is 7.97. The fourth-order valence-electron chi connectivity index (χ4n) is 2.98. The van der Waals surface area contributed by atoms with Gasteiger partial charge in [-0.3, -0.25) is 0 Å². The molecule has 7 heteroatoms. The van der Waals surface area contributed by atoms with Crippen LogP contribution in [0.4, 0.5) is 4.79 Å². The molecule has 1 aliphatic rings. The average molecular weight is 339 g/mol. The predicted octanol–water partition coefficient (Wildman–Crippen LogP) is 2.27. The van der Waals surface area contributed by atoms with Crippen molar-refractivity contribution in [1.29, 1.82) is 0 Å². The molecule has 2 rings (SSSR count). The summed E-state index contributed by atoms with van der Waals surface area (Å²) >= 11 is 0. The molecule has 1 aromatic carbocycles. The van der Waals surface area contributed by atoms with Gasteiger partial charge in [-0.1, -0.05) is 31.9 Å². The summed E-state index contributed by atoms with van der Waals surface area (Å²) in [4.78, 5) is 12.2. The number of hydrogen-bond acceptors (Lipinski definition) is 3. The summed E-state index contributed by atoms with van der Waals surface area (Å²) in [6.45, 7) is 3.97. The van der Waals surface area contributed by atoms with E-state index in [2.05, 4.69) is 17.6 Å². The lowest BCUT2D eigenvalue weighted by Gasteiger charge is -2.30. The van der Waals surface area contributed by atoms with Gasteiger partial charge in [-0.05, 0) is 43.4 Å². The second-order valence-corrected chi connectivity index (χ2v) is 7.89. The van der Waals surface area contributed by atoms with E-state index in [4.69, 9.17) is 5.14 Å². The summed E-state index contributed by atoms with van der Waals surface area (Å²) in [7, 11) is -3.75. The van der Waals surface area contributed by atoms with Gasteiger partial charge in [0.25, 0.3) is 0 Å². The molecule has 0 radical (unpaired) electrons. The maximum absolute atomic E-state index is 12.2. The van der Waals surface area contributed by atoms with Gasteiger partial charge >= 0.3 is 6.03 Å². The molecule has 0 aliphatic heterocycles. The van der Waals surface area contributed by atoms with Gasteiger partial charge in [0.2, 0.25) is 10.0 Å². The van der Waals surface area contributed by atoms with Crippen LogP contribution in [0.3, 0.4) is 0 Å². The van der Waals surface area contributed by atoms with Crippen molar-refractivity contribution in [2.75, 3.05) is 0 Å². The SMILES string of the molecule is CC(NC(=O)NC1CCCCC1C)c1cccc(S(N)(=O)=O)c1. The highest BCUT2D eigenvalue weighted by atomic mass is 32.2. The molecular weight excluding hydrogens is 314 g/mol. The molecule has 0 bridgehead atoms. The lowest BCUT2D eigenvalue weighted by Crippen LogP contribution is -2.46. The fraction of sp³-hybridized carbons (Fsp3) is 0.562. The average Bonchev–Trinajstić information content (AvgIpc) is 2.49. The number of urea groups is 1. The van der Waals surface area contributed by atoms with E-state index in [1.54, 1.807) is 12.1 Å². The third-order valence-electron chi connectivity index (χ3n) is 4.46. The van der Waals surface area contributed by atoms with E-state index in [1.165, 1.54) is 18.6 Å². The van der Waals surface area contributed by atoms with Gasteiger partial charge in [-0.2, -0.15) is 0 Å². The van der Waals surface area contributed by atoms with Gasteiger partial charge < -0.3 is 10.6 Å². The number of nitrogens with one attached hydrogen (secondary N) is 2. The quantitative estimate of drug-likeness (QED) is 0.784. The highest BCUT2D eigenvalue weighted by Crippen LogP contribution is 2.23. The first-order chi connectivity index (χ1) is 10.8. The molecule has 1 saturated carbocycles. The maximum Gasteiger partial charge on any atom is 0.315 e. The molecule has 4 N–H and O–H groups in total. The van der Waals surface area contributed by atoms with Crippen LogP contribution in [0, 0.1) is 5.92 Å². The van der Waals surface area contributed by atoms with E-state index in [9.17, 15) is 13.2 Å². The van der Waals surface area contributed by atoms with Crippen LogP contribution in [0.1, 0.15) is 51.1 Å². The topological polar surface area (TPSA) is 101 Å². The number of carbonyl (C=O) groups is 1. The Kier molecular flexibility index (Phi) is 5.64. The summed E-state index contributed by atoms with van der Waals surface area (Å²) in [5.74, 6) is 0.482. The largest absolute Gasteiger partial charge is 0.335 e. The van der Waals surface area contributed by atoms with E-state index in [1.807, 2.05) is 6.92 Å². The number of amides is 2. The van der Waals surface area contributed by atoms with Gasteiger partial charge in [0.1, 0.15) is 0 Å².